The zero-order chi connectivity index (χ0) is 19.3. The average Bonchev–Trinajstić information content (AvgIpc) is 2.91. The molecule has 27 heavy (non-hydrogen) atoms. The Bertz CT molecular complexity index is 1120. The molecule has 0 N–H and O–H groups in total. The predicted octanol–water partition coefficient (Wildman–Crippen LogP) is 5.02. The Labute approximate surface area is 162 Å². The normalized spacial score (nSPS) is 16.2. The van der Waals surface area contributed by atoms with Gasteiger partial charge < -0.3 is 9.32 Å². The third kappa shape index (κ3) is 2.76. The predicted molar refractivity (Wildman–Crippen MR) is 107 cm³/mol. The first-order chi connectivity index (χ1) is 12.9. The van der Waals surface area contributed by atoms with Gasteiger partial charge in [0.15, 0.2) is 5.43 Å². The van der Waals surface area contributed by atoms with Gasteiger partial charge in [-0.2, -0.15) is 0 Å². The number of benzene rings is 2. The molecular formula is C22H20ClNO3. The van der Waals surface area contributed by atoms with Crippen molar-refractivity contribution in [2.45, 2.75) is 33.2 Å². The molecule has 1 aliphatic heterocycles. The van der Waals surface area contributed by atoms with Crippen LogP contribution in [0.3, 0.4) is 0 Å². The van der Waals surface area contributed by atoms with Gasteiger partial charge in [0.1, 0.15) is 5.58 Å². The topological polar surface area (TPSA) is 50.5 Å². The van der Waals surface area contributed by atoms with E-state index in [1.807, 2.05) is 45.0 Å². The summed E-state index contributed by atoms with van der Waals surface area (Å²) in [4.78, 5) is 28.1. The van der Waals surface area contributed by atoms with E-state index in [0.29, 0.717) is 28.1 Å². The monoisotopic (exact) mass is 381 g/mol. The van der Waals surface area contributed by atoms with Crippen molar-refractivity contribution in [2.75, 3.05) is 6.54 Å². The van der Waals surface area contributed by atoms with Crippen molar-refractivity contribution in [3.8, 4) is 0 Å². The summed E-state index contributed by atoms with van der Waals surface area (Å²) >= 11 is 6.23. The second-order valence-corrected chi connectivity index (χ2v) is 7.49. The minimum atomic E-state index is -0.436. The molecule has 0 saturated heterocycles. The van der Waals surface area contributed by atoms with Gasteiger partial charge in [0.2, 0.25) is 5.76 Å². The number of halogens is 1. The van der Waals surface area contributed by atoms with Crippen molar-refractivity contribution in [1.82, 2.24) is 4.90 Å². The minimum absolute atomic E-state index is 0.147. The van der Waals surface area contributed by atoms with Gasteiger partial charge in [-0.1, -0.05) is 48.4 Å². The summed E-state index contributed by atoms with van der Waals surface area (Å²) in [6.07, 6.45) is 0.792. The molecule has 2 aromatic carbocycles. The summed E-state index contributed by atoms with van der Waals surface area (Å²) in [5.41, 5.74) is 3.45. The van der Waals surface area contributed by atoms with E-state index in [0.717, 1.165) is 23.1 Å². The number of nitrogens with zero attached hydrogens (tertiary/aromatic N) is 1. The fourth-order valence-corrected chi connectivity index (χ4v) is 3.87. The number of aryl methyl sites for hydroxylation is 2. The van der Waals surface area contributed by atoms with Gasteiger partial charge in [-0.15, -0.1) is 0 Å². The quantitative estimate of drug-likeness (QED) is 0.640. The molecule has 0 saturated carbocycles. The van der Waals surface area contributed by atoms with Crippen molar-refractivity contribution < 1.29 is 9.21 Å². The van der Waals surface area contributed by atoms with Crippen LogP contribution in [0.15, 0.2) is 45.6 Å². The molecule has 1 aliphatic rings. The van der Waals surface area contributed by atoms with Gasteiger partial charge in [-0.3, -0.25) is 9.59 Å². The van der Waals surface area contributed by atoms with Crippen LogP contribution in [0.4, 0.5) is 0 Å². The molecule has 0 fully saturated rings. The molecule has 138 valence electrons. The molecule has 1 unspecified atom stereocenters. The van der Waals surface area contributed by atoms with Crippen LogP contribution >= 0.6 is 11.6 Å². The number of amides is 1. The van der Waals surface area contributed by atoms with Gasteiger partial charge in [0, 0.05) is 11.6 Å². The molecular weight excluding hydrogens is 362 g/mol. The lowest BCUT2D eigenvalue weighted by atomic mass is 9.97. The molecule has 2 heterocycles. The third-order valence-corrected chi connectivity index (χ3v) is 5.51. The standard InChI is InChI=1S/C22H20ClNO3/c1-4-9-24-19(14-7-5-12(2)6-8-14)18-20(25)15-11-16(23)13(3)10-17(15)27-21(18)22(24)26/h5-8,10-11,19H,4,9H2,1-3H3. The Morgan fingerprint density at radius 1 is 1.11 bits per heavy atom. The minimum Gasteiger partial charge on any atom is -0.450 e. The third-order valence-electron chi connectivity index (χ3n) is 5.10. The largest absolute Gasteiger partial charge is 0.450 e. The molecule has 4 rings (SSSR count). The van der Waals surface area contributed by atoms with Crippen LogP contribution in [0, 0.1) is 13.8 Å². The molecule has 1 amide bonds. The molecule has 3 aromatic rings. The highest BCUT2D eigenvalue weighted by Gasteiger charge is 2.42. The highest BCUT2D eigenvalue weighted by molar-refractivity contribution is 6.32. The lowest BCUT2D eigenvalue weighted by molar-refractivity contribution is 0.0728. The number of hydrogen-bond acceptors (Lipinski definition) is 3. The van der Waals surface area contributed by atoms with Crippen LogP contribution in [-0.4, -0.2) is 17.4 Å². The van der Waals surface area contributed by atoms with Crippen LogP contribution < -0.4 is 5.43 Å². The lowest BCUT2D eigenvalue weighted by Gasteiger charge is -2.24. The summed E-state index contributed by atoms with van der Waals surface area (Å²) in [7, 11) is 0. The summed E-state index contributed by atoms with van der Waals surface area (Å²) in [5.74, 6) is -0.0859. The van der Waals surface area contributed by atoms with Crippen molar-refractivity contribution in [1.29, 1.82) is 0 Å². The first-order valence-corrected chi connectivity index (χ1v) is 9.44. The Kier molecular flexibility index (Phi) is 4.31. The Balaban J connectivity index is 2.02. The summed E-state index contributed by atoms with van der Waals surface area (Å²) in [5, 5.41) is 0.920. The van der Waals surface area contributed by atoms with E-state index >= 15 is 0 Å². The lowest BCUT2D eigenvalue weighted by Crippen LogP contribution is -2.30. The second-order valence-electron chi connectivity index (χ2n) is 7.08. The molecule has 1 atom stereocenters. The number of carbonyl (C=O) groups is 1. The second kappa shape index (κ2) is 6.54. The van der Waals surface area contributed by atoms with E-state index in [-0.39, 0.29) is 17.1 Å². The first-order valence-electron chi connectivity index (χ1n) is 9.06. The van der Waals surface area contributed by atoms with Gasteiger partial charge in [0.05, 0.1) is 17.0 Å². The van der Waals surface area contributed by atoms with E-state index in [9.17, 15) is 9.59 Å². The Hall–Kier alpha value is -2.59. The van der Waals surface area contributed by atoms with Crippen molar-refractivity contribution in [3.05, 3.63) is 79.7 Å². The summed E-state index contributed by atoms with van der Waals surface area (Å²) in [6, 6.07) is 10.8. The van der Waals surface area contributed by atoms with E-state index in [2.05, 4.69) is 0 Å². The maximum Gasteiger partial charge on any atom is 0.290 e. The molecule has 0 spiro atoms. The van der Waals surface area contributed by atoms with E-state index in [1.165, 1.54) is 0 Å². The Morgan fingerprint density at radius 2 is 1.81 bits per heavy atom. The van der Waals surface area contributed by atoms with Crippen LogP contribution in [0.25, 0.3) is 11.0 Å². The van der Waals surface area contributed by atoms with E-state index in [4.69, 9.17) is 16.0 Å². The first kappa shape index (κ1) is 17.8. The molecule has 0 bridgehead atoms. The fourth-order valence-electron chi connectivity index (χ4n) is 3.71. The summed E-state index contributed by atoms with van der Waals surface area (Å²) < 4.78 is 5.94. The maximum absolute atomic E-state index is 13.3. The van der Waals surface area contributed by atoms with Crippen LogP contribution in [0.2, 0.25) is 5.02 Å². The Morgan fingerprint density at radius 3 is 2.48 bits per heavy atom. The molecule has 4 nitrogen and oxygen atoms in total. The SMILES string of the molecule is CCCN1C(=O)c2oc3cc(C)c(Cl)cc3c(=O)c2C1c1ccc(C)cc1. The number of rotatable bonds is 3. The number of carbonyl (C=O) groups excluding carboxylic acids is 1. The summed E-state index contributed by atoms with van der Waals surface area (Å²) in [6.45, 7) is 6.41. The smallest absolute Gasteiger partial charge is 0.290 e. The van der Waals surface area contributed by atoms with Crippen LogP contribution in [-0.2, 0) is 0 Å². The van der Waals surface area contributed by atoms with Crippen LogP contribution in [0.1, 0.15) is 52.2 Å². The molecule has 1 aromatic heterocycles. The van der Waals surface area contributed by atoms with Gasteiger partial charge in [-0.25, -0.2) is 0 Å². The van der Waals surface area contributed by atoms with Gasteiger partial charge in [0.25, 0.3) is 5.91 Å². The van der Waals surface area contributed by atoms with Gasteiger partial charge >= 0.3 is 0 Å². The van der Waals surface area contributed by atoms with Gasteiger partial charge in [-0.05, 0) is 43.5 Å². The van der Waals surface area contributed by atoms with Crippen molar-refractivity contribution >= 4 is 28.5 Å². The molecule has 5 heteroatoms. The average molecular weight is 382 g/mol. The molecule has 0 aliphatic carbocycles. The highest BCUT2D eigenvalue weighted by atomic mass is 35.5. The number of fused-ring (bicyclic) bond motifs is 2. The zero-order valence-corrected chi connectivity index (χ0v) is 16.3. The fraction of sp³-hybridized carbons (Fsp3) is 0.273. The van der Waals surface area contributed by atoms with Crippen LogP contribution in [0.5, 0.6) is 0 Å². The van der Waals surface area contributed by atoms with E-state index < -0.39 is 6.04 Å². The molecule has 0 radical (unpaired) electrons. The maximum atomic E-state index is 13.3. The number of hydrogen-bond donors (Lipinski definition) is 0. The zero-order valence-electron chi connectivity index (χ0n) is 15.5. The van der Waals surface area contributed by atoms with E-state index in [1.54, 1.807) is 17.0 Å². The highest BCUT2D eigenvalue weighted by Crippen LogP contribution is 2.38. The van der Waals surface area contributed by atoms with Crippen molar-refractivity contribution in [3.63, 3.8) is 0 Å². The van der Waals surface area contributed by atoms with Crippen molar-refractivity contribution in [2.24, 2.45) is 0 Å².